The maximum Gasteiger partial charge on any atom is 0.490 e. The molecular weight excluding hydrogens is 677 g/mol. The van der Waals surface area contributed by atoms with Crippen molar-refractivity contribution in [2.75, 3.05) is 5.32 Å². The molecule has 1 saturated carbocycles. The van der Waals surface area contributed by atoms with Crippen LogP contribution in [-0.4, -0.2) is 57.3 Å². The van der Waals surface area contributed by atoms with Gasteiger partial charge in [-0.05, 0) is 55.5 Å². The van der Waals surface area contributed by atoms with E-state index in [2.05, 4.69) is 15.5 Å². The first-order chi connectivity index (χ1) is 23.8. The Kier molecular flexibility index (Phi) is 9.60. The molecule has 2 bridgehead atoms. The molecule has 1 fully saturated rings. The third kappa shape index (κ3) is 7.47. The van der Waals surface area contributed by atoms with Gasteiger partial charge in [0.2, 0.25) is 5.91 Å². The first-order valence-electron chi connectivity index (χ1n) is 15.8. The normalized spacial score (nSPS) is 17.8. The highest BCUT2D eigenvalue weighted by atomic mass is 35.5. The summed E-state index contributed by atoms with van der Waals surface area (Å²) in [5, 5.41) is 19.7. The number of carbonyl (C=O) groups excluding carboxylic acids is 1. The minimum atomic E-state index is -5.08. The maximum absolute atomic E-state index is 13.8. The fourth-order valence-corrected chi connectivity index (χ4v) is 6.04. The Morgan fingerprint density at radius 2 is 1.74 bits per heavy atom. The standard InChI is InChI=1S/C32H31ClN8O2.C2HF3O2/c1-19-4-3-5-29(27-12-20(10-11-34-27)31-28(38-32(19)43)16-36-39(31)2)40-18-35-26(14-30(40)42)25-13-22(33)6-9-24(25)21-15-37-41(17-21)23-7-8-23;3-2(4,5)1(6)7/h6,9-19,23,29H,3-5,7-8H2,1-2H3,(H,38,43);(H,6,7)/t19-,29+;/m1./s1. The van der Waals surface area contributed by atoms with Gasteiger partial charge in [0.1, 0.15) is 0 Å². The van der Waals surface area contributed by atoms with Crippen LogP contribution >= 0.6 is 11.6 Å². The molecule has 1 aromatic carbocycles. The first kappa shape index (κ1) is 34.5. The van der Waals surface area contributed by atoms with Crippen molar-refractivity contribution < 1.29 is 27.9 Å². The molecule has 2 N–H and O–H groups in total. The van der Waals surface area contributed by atoms with Gasteiger partial charge in [-0.1, -0.05) is 31.0 Å². The van der Waals surface area contributed by atoms with E-state index in [0.29, 0.717) is 35.3 Å². The second-order valence-electron chi connectivity index (χ2n) is 12.3. The second-order valence-corrected chi connectivity index (χ2v) is 12.7. The molecule has 12 nitrogen and oxygen atoms in total. The smallest absolute Gasteiger partial charge is 0.475 e. The van der Waals surface area contributed by atoms with Crippen molar-refractivity contribution in [3.8, 4) is 33.6 Å². The fraction of sp³-hybridized carbons (Fsp3) is 0.324. The molecule has 16 heteroatoms. The number of nitrogens with one attached hydrogen (secondary N) is 1. The number of carbonyl (C=O) groups is 2. The number of aryl methyl sites for hydroxylation is 1. The molecule has 260 valence electrons. The molecule has 1 aliphatic carbocycles. The van der Waals surface area contributed by atoms with Gasteiger partial charge in [-0.25, -0.2) is 9.78 Å². The molecule has 4 aromatic heterocycles. The summed E-state index contributed by atoms with van der Waals surface area (Å²) in [6.45, 7) is 1.92. The van der Waals surface area contributed by atoms with Crippen molar-refractivity contribution in [1.29, 1.82) is 0 Å². The number of aliphatic carboxylic acids is 1. The van der Waals surface area contributed by atoms with Gasteiger partial charge in [0, 0.05) is 53.1 Å². The number of hydrogen-bond donors (Lipinski definition) is 2. The number of halogens is 4. The van der Waals surface area contributed by atoms with E-state index in [9.17, 15) is 22.8 Å². The Labute approximate surface area is 288 Å². The molecule has 0 unspecified atom stereocenters. The van der Waals surface area contributed by atoms with Crippen molar-refractivity contribution in [2.45, 2.75) is 57.3 Å². The van der Waals surface area contributed by atoms with Gasteiger partial charge in [-0.3, -0.25) is 28.5 Å². The summed E-state index contributed by atoms with van der Waals surface area (Å²) in [4.78, 5) is 45.1. The Morgan fingerprint density at radius 3 is 2.44 bits per heavy atom. The minimum absolute atomic E-state index is 0.0520. The molecule has 0 radical (unpaired) electrons. The van der Waals surface area contributed by atoms with Crippen LogP contribution in [-0.2, 0) is 16.6 Å². The summed E-state index contributed by atoms with van der Waals surface area (Å²) in [5.74, 6) is -3.02. The summed E-state index contributed by atoms with van der Waals surface area (Å²) in [5.41, 5.74) is 6.02. The van der Waals surface area contributed by atoms with Crippen LogP contribution in [0, 0.1) is 5.92 Å². The van der Waals surface area contributed by atoms with Gasteiger partial charge in [-0.15, -0.1) is 0 Å². The van der Waals surface area contributed by atoms with Gasteiger partial charge in [0.15, 0.2) is 0 Å². The molecule has 50 heavy (non-hydrogen) atoms. The lowest BCUT2D eigenvalue weighted by Gasteiger charge is -2.22. The van der Waals surface area contributed by atoms with Crippen molar-refractivity contribution >= 4 is 29.2 Å². The number of carboxylic acids is 1. The van der Waals surface area contributed by atoms with Crippen molar-refractivity contribution in [1.82, 2.24) is 34.1 Å². The lowest BCUT2D eigenvalue weighted by atomic mass is 9.96. The summed E-state index contributed by atoms with van der Waals surface area (Å²) < 4.78 is 37.1. The van der Waals surface area contributed by atoms with E-state index in [-0.39, 0.29) is 23.4 Å². The predicted molar refractivity (Wildman–Crippen MR) is 178 cm³/mol. The number of nitrogens with zero attached hydrogens (tertiary/aromatic N) is 7. The third-order valence-electron chi connectivity index (χ3n) is 8.66. The summed E-state index contributed by atoms with van der Waals surface area (Å²) in [6, 6.07) is 11.2. The van der Waals surface area contributed by atoms with Crippen molar-refractivity contribution in [3.05, 3.63) is 88.6 Å². The Morgan fingerprint density at radius 1 is 0.980 bits per heavy atom. The molecule has 2 aliphatic rings. The van der Waals surface area contributed by atoms with Crippen LogP contribution in [0.25, 0.3) is 33.6 Å². The van der Waals surface area contributed by atoms with Gasteiger partial charge < -0.3 is 10.4 Å². The quantitative estimate of drug-likeness (QED) is 0.214. The van der Waals surface area contributed by atoms with Gasteiger partial charge >= 0.3 is 12.1 Å². The molecule has 0 spiro atoms. The molecule has 5 aromatic rings. The van der Waals surface area contributed by atoms with Gasteiger partial charge in [0.05, 0.1) is 53.6 Å². The number of carboxylic acid groups (broad SMARTS) is 1. The molecule has 2 atom stereocenters. The van der Waals surface area contributed by atoms with E-state index in [1.165, 1.54) is 0 Å². The van der Waals surface area contributed by atoms with E-state index >= 15 is 0 Å². The van der Waals surface area contributed by atoms with Crippen LogP contribution in [0.5, 0.6) is 0 Å². The van der Waals surface area contributed by atoms with Crippen LogP contribution in [0.3, 0.4) is 0 Å². The second kappa shape index (κ2) is 13.9. The number of hydrogen-bond acceptors (Lipinski definition) is 7. The number of pyridine rings is 1. The fourth-order valence-electron chi connectivity index (χ4n) is 5.87. The van der Waals surface area contributed by atoms with Crippen LogP contribution in [0.1, 0.15) is 56.8 Å². The number of aromatic nitrogens is 7. The van der Waals surface area contributed by atoms with E-state index in [0.717, 1.165) is 52.9 Å². The zero-order valence-electron chi connectivity index (χ0n) is 26.9. The average Bonchev–Trinajstić information content (AvgIpc) is 3.70. The van der Waals surface area contributed by atoms with Crippen LogP contribution < -0.4 is 10.9 Å². The summed E-state index contributed by atoms with van der Waals surface area (Å²) >= 11 is 6.42. The minimum Gasteiger partial charge on any atom is -0.475 e. The third-order valence-corrected chi connectivity index (χ3v) is 8.90. The van der Waals surface area contributed by atoms with Gasteiger partial charge in [-0.2, -0.15) is 23.4 Å². The Balaban J connectivity index is 0.000000561. The van der Waals surface area contributed by atoms with E-state index in [1.807, 2.05) is 61.4 Å². The Hall–Kier alpha value is -5.31. The van der Waals surface area contributed by atoms with Crippen LogP contribution in [0.4, 0.5) is 18.9 Å². The number of anilines is 1. The number of alkyl halides is 3. The summed E-state index contributed by atoms with van der Waals surface area (Å²) in [7, 11) is 1.84. The average molecular weight is 709 g/mol. The highest BCUT2D eigenvalue weighted by molar-refractivity contribution is 6.31. The number of amides is 1. The zero-order valence-corrected chi connectivity index (χ0v) is 27.7. The molecule has 5 heterocycles. The Bertz CT molecular complexity index is 2120. The lowest BCUT2D eigenvalue weighted by Crippen LogP contribution is -2.27. The molecule has 1 aliphatic heterocycles. The monoisotopic (exact) mass is 708 g/mol. The number of fused-ring (bicyclic) bond motifs is 4. The van der Waals surface area contributed by atoms with E-state index in [4.69, 9.17) is 31.5 Å². The topological polar surface area (TPSA) is 150 Å². The largest absolute Gasteiger partial charge is 0.490 e. The highest BCUT2D eigenvalue weighted by Gasteiger charge is 2.38. The maximum atomic E-state index is 13.8. The van der Waals surface area contributed by atoms with Crippen LogP contribution in [0.2, 0.25) is 5.02 Å². The highest BCUT2D eigenvalue weighted by Crippen LogP contribution is 2.38. The molecule has 7 rings (SSSR count). The van der Waals surface area contributed by atoms with Crippen molar-refractivity contribution in [2.24, 2.45) is 13.0 Å². The molecule has 1 amide bonds. The lowest BCUT2D eigenvalue weighted by molar-refractivity contribution is -0.192. The van der Waals surface area contributed by atoms with E-state index in [1.54, 1.807) is 34.0 Å². The van der Waals surface area contributed by atoms with E-state index < -0.39 is 12.1 Å². The zero-order chi connectivity index (χ0) is 35.7. The molecular formula is C34H32ClF3N8O4. The SMILES string of the molecule is C[C@@H]1CCC[C@H](n2cnc(-c3cc(Cl)ccc3-c3cnn(C4CC4)c3)cc2=O)c2cc(ccn2)-c2c(cnn2C)NC1=O.O=C(O)C(F)(F)F. The van der Waals surface area contributed by atoms with Crippen molar-refractivity contribution in [3.63, 3.8) is 0 Å². The summed E-state index contributed by atoms with van der Waals surface area (Å²) in [6.07, 6.45) is 8.11. The number of benzene rings is 1. The number of rotatable bonds is 4. The first-order valence-corrected chi connectivity index (χ1v) is 16.2. The van der Waals surface area contributed by atoms with Crippen LogP contribution in [0.15, 0.2) is 72.3 Å². The molecule has 0 saturated heterocycles. The van der Waals surface area contributed by atoms with Gasteiger partial charge in [0.25, 0.3) is 5.56 Å². The predicted octanol–water partition coefficient (Wildman–Crippen LogP) is 6.54.